The number of nitrogens with one attached hydrogen (secondary N) is 1. The molecule has 1 unspecified atom stereocenters. The highest BCUT2D eigenvalue weighted by Crippen LogP contribution is 2.19. The van der Waals surface area contributed by atoms with Gasteiger partial charge in [-0.3, -0.25) is 0 Å². The van der Waals surface area contributed by atoms with Crippen LogP contribution in [0.25, 0.3) is 0 Å². The first kappa shape index (κ1) is 12.9. The molecule has 0 radical (unpaired) electrons. The van der Waals surface area contributed by atoms with E-state index in [2.05, 4.69) is 28.5 Å². The molecule has 0 fully saturated rings. The van der Waals surface area contributed by atoms with Crippen molar-refractivity contribution < 1.29 is 0 Å². The second-order valence-corrected chi connectivity index (χ2v) is 4.93. The third-order valence-electron chi connectivity index (χ3n) is 1.78. The van der Waals surface area contributed by atoms with Gasteiger partial charge in [-0.25, -0.2) is 4.98 Å². The number of thioether (sulfide) groups is 1. The number of hydrogen-bond donors (Lipinski definition) is 1. The maximum atomic E-state index is 5.91. The molecule has 0 aromatic carbocycles. The Morgan fingerprint density at radius 1 is 1.53 bits per heavy atom. The standard InChI is InChI=1S/C9H13Cl2N3S/c1-6(5-15-2)3-12-8-7(10)4-13-9(11)14-8/h4,6H,3,5H2,1-2H3,(H,12,13,14). The summed E-state index contributed by atoms with van der Waals surface area (Å²) in [6.07, 6.45) is 3.59. The van der Waals surface area contributed by atoms with Gasteiger partial charge >= 0.3 is 0 Å². The zero-order valence-electron chi connectivity index (χ0n) is 8.63. The van der Waals surface area contributed by atoms with Crippen molar-refractivity contribution in [3.63, 3.8) is 0 Å². The smallest absolute Gasteiger partial charge is 0.224 e. The molecule has 0 aliphatic rings. The molecule has 0 aliphatic heterocycles. The van der Waals surface area contributed by atoms with E-state index in [4.69, 9.17) is 23.2 Å². The van der Waals surface area contributed by atoms with E-state index in [1.165, 1.54) is 6.20 Å². The van der Waals surface area contributed by atoms with Crippen LogP contribution in [0.5, 0.6) is 0 Å². The molecular weight excluding hydrogens is 253 g/mol. The Kier molecular flexibility index (Phi) is 5.50. The minimum Gasteiger partial charge on any atom is -0.368 e. The molecule has 1 heterocycles. The fourth-order valence-corrected chi connectivity index (χ4v) is 2.06. The van der Waals surface area contributed by atoms with E-state index in [9.17, 15) is 0 Å². The lowest BCUT2D eigenvalue weighted by atomic mass is 10.2. The molecule has 0 aliphatic carbocycles. The van der Waals surface area contributed by atoms with Crippen LogP contribution in [-0.2, 0) is 0 Å². The van der Waals surface area contributed by atoms with Crippen molar-refractivity contribution in [3.8, 4) is 0 Å². The summed E-state index contributed by atoms with van der Waals surface area (Å²) in [6.45, 7) is 2.99. The first-order valence-corrected chi connectivity index (χ1v) is 6.69. The van der Waals surface area contributed by atoms with Crippen LogP contribution >= 0.6 is 35.0 Å². The summed E-state index contributed by atoms with van der Waals surface area (Å²) >= 11 is 13.4. The SMILES string of the molecule is CSCC(C)CNc1nc(Cl)ncc1Cl. The average Bonchev–Trinajstić information content (AvgIpc) is 2.20. The van der Waals surface area contributed by atoms with Gasteiger partial charge in [-0.1, -0.05) is 18.5 Å². The Labute approximate surface area is 104 Å². The normalized spacial score (nSPS) is 12.5. The highest BCUT2D eigenvalue weighted by Gasteiger charge is 2.06. The number of anilines is 1. The summed E-state index contributed by atoms with van der Waals surface area (Å²) < 4.78 is 0. The monoisotopic (exact) mass is 265 g/mol. The number of rotatable bonds is 5. The number of hydrogen-bond acceptors (Lipinski definition) is 4. The van der Waals surface area contributed by atoms with Crippen LogP contribution in [0.3, 0.4) is 0 Å². The molecule has 0 amide bonds. The lowest BCUT2D eigenvalue weighted by Crippen LogP contribution is -2.14. The third kappa shape index (κ3) is 4.45. The largest absolute Gasteiger partial charge is 0.368 e. The van der Waals surface area contributed by atoms with Gasteiger partial charge in [0.1, 0.15) is 10.8 Å². The molecule has 3 nitrogen and oxygen atoms in total. The number of halogens is 2. The van der Waals surface area contributed by atoms with Crippen LogP contribution in [0.1, 0.15) is 6.92 Å². The zero-order chi connectivity index (χ0) is 11.3. The maximum absolute atomic E-state index is 5.91. The molecule has 1 rings (SSSR count). The van der Waals surface area contributed by atoms with Crippen LogP contribution in [0.2, 0.25) is 10.3 Å². The van der Waals surface area contributed by atoms with Crippen LogP contribution in [0.15, 0.2) is 6.20 Å². The van der Waals surface area contributed by atoms with Crippen molar-refractivity contribution >= 4 is 40.8 Å². The molecule has 1 N–H and O–H groups in total. The predicted molar refractivity (Wildman–Crippen MR) is 68.1 cm³/mol. The summed E-state index contributed by atoms with van der Waals surface area (Å²) in [4.78, 5) is 7.79. The molecule has 15 heavy (non-hydrogen) atoms. The second kappa shape index (κ2) is 6.40. The van der Waals surface area contributed by atoms with Gasteiger partial charge in [0.05, 0.1) is 6.20 Å². The molecule has 1 atom stereocenters. The first-order valence-electron chi connectivity index (χ1n) is 4.54. The quantitative estimate of drug-likeness (QED) is 0.830. The van der Waals surface area contributed by atoms with E-state index in [-0.39, 0.29) is 5.28 Å². The van der Waals surface area contributed by atoms with Crippen molar-refractivity contribution in [3.05, 3.63) is 16.5 Å². The third-order valence-corrected chi connectivity index (χ3v) is 3.14. The highest BCUT2D eigenvalue weighted by atomic mass is 35.5. The summed E-state index contributed by atoms with van der Waals surface area (Å²) in [5, 5.41) is 3.86. The minimum atomic E-state index is 0.208. The van der Waals surface area contributed by atoms with Gasteiger partial charge in [0.15, 0.2) is 0 Å². The zero-order valence-corrected chi connectivity index (χ0v) is 11.0. The van der Waals surface area contributed by atoms with E-state index < -0.39 is 0 Å². The van der Waals surface area contributed by atoms with Gasteiger partial charge in [0, 0.05) is 6.54 Å². The van der Waals surface area contributed by atoms with Crippen molar-refractivity contribution in [1.82, 2.24) is 9.97 Å². The molecule has 0 bridgehead atoms. The van der Waals surface area contributed by atoms with E-state index in [1.54, 1.807) is 0 Å². The van der Waals surface area contributed by atoms with E-state index in [1.807, 2.05) is 11.8 Å². The van der Waals surface area contributed by atoms with Crippen molar-refractivity contribution in [2.45, 2.75) is 6.92 Å². The Bertz CT molecular complexity index is 322. The Morgan fingerprint density at radius 2 is 2.27 bits per heavy atom. The number of aromatic nitrogens is 2. The first-order chi connectivity index (χ1) is 7.13. The fraction of sp³-hybridized carbons (Fsp3) is 0.556. The van der Waals surface area contributed by atoms with Crippen LogP contribution in [0, 0.1) is 5.92 Å². The highest BCUT2D eigenvalue weighted by molar-refractivity contribution is 7.98. The topological polar surface area (TPSA) is 37.8 Å². The summed E-state index contributed by atoms with van der Waals surface area (Å²) in [5.74, 6) is 2.26. The minimum absolute atomic E-state index is 0.208. The van der Waals surface area contributed by atoms with E-state index >= 15 is 0 Å². The van der Waals surface area contributed by atoms with Crippen molar-refractivity contribution in [2.24, 2.45) is 5.92 Å². The molecule has 0 saturated carbocycles. The van der Waals surface area contributed by atoms with Crippen LogP contribution in [0.4, 0.5) is 5.82 Å². The lowest BCUT2D eigenvalue weighted by Gasteiger charge is -2.12. The molecule has 6 heteroatoms. The Balaban J connectivity index is 2.53. The van der Waals surface area contributed by atoms with E-state index in [0.29, 0.717) is 16.8 Å². The molecule has 0 saturated heterocycles. The molecule has 0 spiro atoms. The van der Waals surface area contributed by atoms with Crippen molar-refractivity contribution in [1.29, 1.82) is 0 Å². The number of nitrogens with zero attached hydrogens (tertiary/aromatic N) is 2. The molecule has 1 aromatic heterocycles. The lowest BCUT2D eigenvalue weighted by molar-refractivity contribution is 0.699. The van der Waals surface area contributed by atoms with Crippen LogP contribution in [-0.4, -0.2) is 28.5 Å². The maximum Gasteiger partial charge on any atom is 0.224 e. The van der Waals surface area contributed by atoms with Crippen molar-refractivity contribution in [2.75, 3.05) is 23.9 Å². The Morgan fingerprint density at radius 3 is 2.93 bits per heavy atom. The van der Waals surface area contributed by atoms with Gasteiger partial charge in [-0.2, -0.15) is 16.7 Å². The fourth-order valence-electron chi connectivity index (χ4n) is 1.08. The van der Waals surface area contributed by atoms with Gasteiger partial charge in [-0.15, -0.1) is 0 Å². The summed E-state index contributed by atoms with van der Waals surface area (Å²) in [6, 6.07) is 0. The second-order valence-electron chi connectivity index (χ2n) is 3.28. The van der Waals surface area contributed by atoms with Gasteiger partial charge < -0.3 is 5.32 Å². The van der Waals surface area contributed by atoms with Gasteiger partial charge in [0.2, 0.25) is 5.28 Å². The Hall–Kier alpha value is -0.190. The summed E-state index contributed by atoms with van der Waals surface area (Å²) in [5.41, 5.74) is 0. The average molecular weight is 266 g/mol. The molecule has 84 valence electrons. The summed E-state index contributed by atoms with van der Waals surface area (Å²) in [7, 11) is 0. The molecular formula is C9H13Cl2N3S. The van der Waals surface area contributed by atoms with Gasteiger partial charge in [-0.05, 0) is 29.5 Å². The predicted octanol–water partition coefficient (Wildman–Crippen LogP) is 3.19. The van der Waals surface area contributed by atoms with Gasteiger partial charge in [0.25, 0.3) is 0 Å². The van der Waals surface area contributed by atoms with E-state index in [0.717, 1.165) is 12.3 Å². The van der Waals surface area contributed by atoms with Crippen LogP contribution < -0.4 is 5.32 Å². The molecule has 1 aromatic rings.